The van der Waals surface area contributed by atoms with Gasteiger partial charge in [0.25, 0.3) is 5.91 Å². The third kappa shape index (κ3) is 5.05. The highest BCUT2D eigenvalue weighted by Gasteiger charge is 2.22. The lowest BCUT2D eigenvalue weighted by Crippen LogP contribution is -2.36. The number of carbonyl (C=O) groups excluding carboxylic acids is 1. The molecule has 0 N–H and O–H groups in total. The van der Waals surface area contributed by atoms with Crippen LogP contribution in [-0.4, -0.2) is 31.0 Å². The first-order valence-electron chi connectivity index (χ1n) is 8.30. The predicted octanol–water partition coefficient (Wildman–Crippen LogP) is 3.61. The summed E-state index contributed by atoms with van der Waals surface area (Å²) in [6.45, 7) is 5.31. The average Bonchev–Trinajstić information content (AvgIpc) is 2.60. The van der Waals surface area contributed by atoms with Gasteiger partial charge in [0, 0.05) is 23.7 Å². The normalized spacial score (nSPS) is 11.4. The van der Waals surface area contributed by atoms with E-state index in [-0.39, 0.29) is 35.6 Å². The highest BCUT2D eigenvalue weighted by molar-refractivity contribution is 7.87. The molecule has 0 aromatic heterocycles. The molecule has 5 nitrogen and oxygen atoms in total. The molecule has 0 saturated heterocycles. The third-order valence-electron chi connectivity index (χ3n) is 3.84. The van der Waals surface area contributed by atoms with Crippen LogP contribution in [0.3, 0.4) is 0 Å². The van der Waals surface area contributed by atoms with E-state index in [0.29, 0.717) is 5.56 Å². The number of benzene rings is 2. The van der Waals surface area contributed by atoms with Crippen molar-refractivity contribution in [1.82, 2.24) is 4.90 Å². The maximum absolute atomic E-state index is 13.5. The maximum Gasteiger partial charge on any atom is 0.308 e. The van der Waals surface area contributed by atoms with Crippen molar-refractivity contribution in [3.8, 4) is 5.75 Å². The van der Waals surface area contributed by atoms with Gasteiger partial charge in [-0.05, 0) is 45.0 Å². The molecule has 0 heterocycles. The molecule has 7 heteroatoms. The topological polar surface area (TPSA) is 63.7 Å². The van der Waals surface area contributed by atoms with E-state index in [2.05, 4.69) is 0 Å². The van der Waals surface area contributed by atoms with Gasteiger partial charge in [-0.3, -0.25) is 4.79 Å². The molecule has 0 bridgehead atoms. The van der Waals surface area contributed by atoms with Gasteiger partial charge < -0.3 is 9.08 Å². The highest BCUT2D eigenvalue weighted by Crippen LogP contribution is 2.23. The molecule has 0 aliphatic carbocycles. The lowest BCUT2D eigenvalue weighted by atomic mass is 10.1. The Morgan fingerprint density at radius 2 is 1.85 bits per heavy atom. The van der Waals surface area contributed by atoms with Gasteiger partial charge in [0.1, 0.15) is 11.6 Å². The second-order valence-corrected chi connectivity index (χ2v) is 7.93. The zero-order valence-electron chi connectivity index (χ0n) is 15.0. The number of hydrogen-bond donors (Lipinski definition) is 0. The van der Waals surface area contributed by atoms with Gasteiger partial charge in [0.05, 0.1) is 5.75 Å². The van der Waals surface area contributed by atoms with Crippen LogP contribution in [0.5, 0.6) is 5.75 Å². The Morgan fingerprint density at radius 3 is 2.46 bits per heavy atom. The van der Waals surface area contributed by atoms with Crippen molar-refractivity contribution >= 4 is 16.0 Å². The number of para-hydroxylation sites is 1. The summed E-state index contributed by atoms with van der Waals surface area (Å²) >= 11 is 0. The van der Waals surface area contributed by atoms with Crippen molar-refractivity contribution in [3.63, 3.8) is 0 Å². The molecule has 0 unspecified atom stereocenters. The molecule has 2 rings (SSSR count). The van der Waals surface area contributed by atoms with E-state index in [1.807, 2.05) is 13.8 Å². The van der Waals surface area contributed by atoms with Crippen LogP contribution in [0.1, 0.15) is 36.7 Å². The maximum atomic E-state index is 13.5. The second-order valence-electron chi connectivity index (χ2n) is 6.07. The summed E-state index contributed by atoms with van der Waals surface area (Å²) in [6.07, 6.45) is 0. The molecule has 0 radical (unpaired) electrons. The summed E-state index contributed by atoms with van der Waals surface area (Å²) in [6, 6.07) is 12.0. The molecule has 1 amide bonds. The first-order valence-corrected chi connectivity index (χ1v) is 9.88. The number of nitrogens with zero attached hydrogens (tertiary/aromatic N) is 1. The van der Waals surface area contributed by atoms with Crippen LogP contribution in [-0.2, 0) is 16.7 Å². The fourth-order valence-electron chi connectivity index (χ4n) is 2.37. The van der Waals surface area contributed by atoms with Crippen LogP contribution >= 0.6 is 0 Å². The van der Waals surface area contributed by atoms with Crippen molar-refractivity contribution in [2.75, 3.05) is 5.75 Å². The summed E-state index contributed by atoms with van der Waals surface area (Å²) < 4.78 is 42.2. The Kier molecular flexibility index (Phi) is 6.37. The average molecular weight is 379 g/mol. The lowest BCUT2D eigenvalue weighted by Gasteiger charge is -2.27. The van der Waals surface area contributed by atoms with E-state index in [4.69, 9.17) is 4.18 Å². The summed E-state index contributed by atoms with van der Waals surface area (Å²) in [4.78, 5) is 14.3. The van der Waals surface area contributed by atoms with Crippen molar-refractivity contribution in [2.24, 2.45) is 0 Å². The highest BCUT2D eigenvalue weighted by atomic mass is 32.2. The molecule has 0 saturated carbocycles. The minimum Gasteiger partial charge on any atom is -0.382 e. The van der Waals surface area contributed by atoms with Gasteiger partial charge in [0.2, 0.25) is 0 Å². The summed E-state index contributed by atoms with van der Waals surface area (Å²) in [5.74, 6) is -0.797. The van der Waals surface area contributed by atoms with Crippen LogP contribution in [0.2, 0.25) is 0 Å². The Labute approximate surface area is 153 Å². The number of amides is 1. The van der Waals surface area contributed by atoms with Crippen molar-refractivity contribution in [3.05, 3.63) is 65.5 Å². The molecule has 0 fully saturated rings. The monoisotopic (exact) mass is 379 g/mol. The summed E-state index contributed by atoms with van der Waals surface area (Å²) in [5.41, 5.74) is 0.793. The lowest BCUT2D eigenvalue weighted by molar-refractivity contribution is 0.0689. The molecule has 26 heavy (non-hydrogen) atoms. The van der Waals surface area contributed by atoms with Crippen LogP contribution < -0.4 is 4.18 Å². The predicted molar refractivity (Wildman–Crippen MR) is 97.9 cm³/mol. The minimum absolute atomic E-state index is 0.141. The first-order chi connectivity index (χ1) is 12.2. The van der Waals surface area contributed by atoms with Gasteiger partial charge in [-0.2, -0.15) is 8.42 Å². The minimum atomic E-state index is -3.68. The van der Waals surface area contributed by atoms with E-state index >= 15 is 0 Å². The van der Waals surface area contributed by atoms with Crippen molar-refractivity contribution in [1.29, 1.82) is 0 Å². The van der Waals surface area contributed by atoms with Gasteiger partial charge in [-0.15, -0.1) is 0 Å². The van der Waals surface area contributed by atoms with Gasteiger partial charge in [-0.1, -0.05) is 24.3 Å². The van der Waals surface area contributed by atoms with Crippen molar-refractivity contribution in [2.45, 2.75) is 33.4 Å². The van der Waals surface area contributed by atoms with Gasteiger partial charge in [0.15, 0.2) is 0 Å². The van der Waals surface area contributed by atoms with Crippen molar-refractivity contribution < 1.29 is 21.8 Å². The molecule has 0 atom stereocenters. The third-order valence-corrected chi connectivity index (χ3v) is 4.98. The SMILES string of the molecule is CCS(=O)(=O)Oc1ccccc1CN(C(=O)c1cccc(F)c1)C(C)C. The van der Waals surface area contributed by atoms with E-state index in [1.165, 1.54) is 30.0 Å². The van der Waals surface area contributed by atoms with Gasteiger partial charge >= 0.3 is 10.1 Å². The molecule has 0 spiro atoms. The van der Waals surface area contributed by atoms with Crippen LogP contribution in [0.4, 0.5) is 4.39 Å². The summed E-state index contributed by atoms with van der Waals surface area (Å²) in [7, 11) is -3.68. The zero-order chi connectivity index (χ0) is 19.3. The molecule has 0 aliphatic rings. The molecular formula is C19H22FNO4S. The van der Waals surface area contributed by atoms with E-state index < -0.39 is 15.9 Å². The molecule has 2 aromatic rings. The summed E-state index contributed by atoms with van der Waals surface area (Å²) in [5, 5.41) is 0. The van der Waals surface area contributed by atoms with Crippen LogP contribution in [0, 0.1) is 5.82 Å². The number of rotatable bonds is 7. The number of halogens is 1. The Bertz CT molecular complexity index is 881. The molecule has 140 valence electrons. The first kappa shape index (κ1) is 19.9. The number of carbonyl (C=O) groups is 1. The number of hydrogen-bond acceptors (Lipinski definition) is 4. The fourth-order valence-corrected chi connectivity index (χ4v) is 2.93. The molecule has 2 aromatic carbocycles. The largest absolute Gasteiger partial charge is 0.382 e. The Morgan fingerprint density at radius 1 is 1.15 bits per heavy atom. The zero-order valence-corrected chi connectivity index (χ0v) is 15.8. The molecule has 0 aliphatic heterocycles. The van der Waals surface area contributed by atoms with E-state index in [1.54, 1.807) is 30.3 Å². The fraction of sp³-hybridized carbons (Fsp3) is 0.316. The quantitative estimate of drug-likeness (QED) is 0.690. The van der Waals surface area contributed by atoms with E-state index in [0.717, 1.165) is 0 Å². The standard InChI is InChI=1S/C19H22FNO4S/c1-4-26(23,24)25-18-11-6-5-8-16(18)13-21(14(2)3)19(22)15-9-7-10-17(20)12-15/h5-12,14H,4,13H2,1-3H3. The van der Waals surface area contributed by atoms with Crippen LogP contribution in [0.15, 0.2) is 48.5 Å². The van der Waals surface area contributed by atoms with E-state index in [9.17, 15) is 17.6 Å². The smallest absolute Gasteiger partial charge is 0.308 e. The van der Waals surface area contributed by atoms with Crippen LogP contribution in [0.25, 0.3) is 0 Å². The Hall–Kier alpha value is -2.41. The molecular weight excluding hydrogens is 357 g/mol. The Balaban J connectivity index is 2.33. The van der Waals surface area contributed by atoms with Gasteiger partial charge in [-0.25, -0.2) is 4.39 Å². The second kappa shape index (κ2) is 8.31.